The predicted molar refractivity (Wildman–Crippen MR) is 75.6 cm³/mol. The van der Waals surface area contributed by atoms with Crippen molar-refractivity contribution in [3.63, 3.8) is 0 Å². The summed E-state index contributed by atoms with van der Waals surface area (Å²) < 4.78 is 0. The lowest BCUT2D eigenvalue weighted by molar-refractivity contribution is 0.0926. The van der Waals surface area contributed by atoms with Crippen LogP contribution in [-0.2, 0) is 0 Å². The highest BCUT2D eigenvalue weighted by Crippen LogP contribution is 2.30. The highest BCUT2D eigenvalue weighted by molar-refractivity contribution is 7.16. The quantitative estimate of drug-likeness (QED) is 0.631. The van der Waals surface area contributed by atoms with Crippen molar-refractivity contribution in [2.75, 3.05) is 11.4 Å². The van der Waals surface area contributed by atoms with Crippen LogP contribution >= 0.6 is 11.3 Å². The van der Waals surface area contributed by atoms with Gasteiger partial charge in [0, 0.05) is 0 Å². The maximum absolute atomic E-state index is 12.2. The van der Waals surface area contributed by atoms with Crippen molar-refractivity contribution in [2.45, 2.75) is 0 Å². The Balaban J connectivity index is 1.99. The third-order valence-electron chi connectivity index (χ3n) is 2.79. The number of rotatable bonds is 1. The maximum Gasteiger partial charge on any atom is 0.268 e. The Morgan fingerprint density at radius 1 is 1.20 bits per heavy atom. The van der Waals surface area contributed by atoms with Crippen molar-refractivity contribution in [1.29, 1.82) is 0 Å². The van der Waals surface area contributed by atoms with E-state index in [0.29, 0.717) is 21.1 Å². The van der Waals surface area contributed by atoms with E-state index in [4.69, 9.17) is 5.73 Å². The summed E-state index contributed by atoms with van der Waals surface area (Å²) in [5.41, 5.74) is 6.11. The van der Waals surface area contributed by atoms with Crippen LogP contribution in [0, 0.1) is 11.8 Å². The number of hydrogen-bond donors (Lipinski definition) is 1. The first-order chi connectivity index (χ1) is 9.72. The predicted octanol–water partition coefficient (Wildman–Crippen LogP) is 1.25. The molecule has 1 aliphatic rings. The molecule has 6 heteroatoms. The van der Waals surface area contributed by atoms with E-state index in [9.17, 15) is 9.59 Å². The van der Waals surface area contributed by atoms with Gasteiger partial charge in [-0.1, -0.05) is 35.3 Å². The van der Waals surface area contributed by atoms with Crippen molar-refractivity contribution in [3.05, 3.63) is 46.5 Å². The average molecular weight is 283 g/mol. The molecule has 20 heavy (non-hydrogen) atoms. The molecular weight excluding hydrogens is 274 g/mol. The van der Waals surface area contributed by atoms with Crippen LogP contribution in [0.1, 0.15) is 25.6 Å². The second-order valence-corrected chi connectivity index (χ2v) is 5.01. The van der Waals surface area contributed by atoms with Crippen LogP contribution in [0.5, 0.6) is 0 Å². The standard InChI is InChI=1S/C14H9N3O2S/c15-7-3-4-9-8-16-14(20-9)17-12(18)10-5-1-2-6-11(10)13(17)19/h1-2,5-6,8H,7,15H2. The summed E-state index contributed by atoms with van der Waals surface area (Å²) in [6.07, 6.45) is 1.53. The monoisotopic (exact) mass is 283 g/mol. The SMILES string of the molecule is NCC#Cc1cnc(N2C(=O)c3ccccc3C2=O)s1. The number of aromatic nitrogens is 1. The molecule has 2 amide bonds. The molecule has 1 aromatic carbocycles. The first-order valence-electron chi connectivity index (χ1n) is 5.85. The minimum atomic E-state index is -0.349. The second kappa shape index (κ2) is 4.89. The van der Waals surface area contributed by atoms with Crippen molar-refractivity contribution < 1.29 is 9.59 Å². The average Bonchev–Trinajstić information content (AvgIpc) is 3.02. The molecule has 98 valence electrons. The summed E-state index contributed by atoms with van der Waals surface area (Å²) in [6, 6.07) is 6.73. The van der Waals surface area contributed by atoms with E-state index in [2.05, 4.69) is 16.8 Å². The summed E-state index contributed by atoms with van der Waals surface area (Å²) in [6.45, 7) is 0.250. The van der Waals surface area contributed by atoms with Crippen LogP contribution in [0.15, 0.2) is 30.5 Å². The fraction of sp³-hybridized carbons (Fsp3) is 0.0714. The fourth-order valence-corrected chi connectivity index (χ4v) is 2.72. The largest absolute Gasteiger partial charge is 0.320 e. The number of carbonyl (C=O) groups excluding carboxylic acids is 2. The Morgan fingerprint density at radius 2 is 1.85 bits per heavy atom. The molecule has 0 radical (unpaired) electrons. The summed E-state index contributed by atoms with van der Waals surface area (Å²) in [5, 5.41) is 0.331. The van der Waals surface area contributed by atoms with Crippen molar-refractivity contribution in [1.82, 2.24) is 4.98 Å². The molecule has 3 rings (SSSR count). The molecule has 1 aromatic heterocycles. The van der Waals surface area contributed by atoms with E-state index in [0.717, 1.165) is 4.90 Å². The first kappa shape index (κ1) is 12.5. The number of anilines is 1. The molecule has 0 saturated heterocycles. The Labute approximate surface area is 119 Å². The lowest BCUT2D eigenvalue weighted by atomic mass is 10.1. The number of imide groups is 1. The van der Waals surface area contributed by atoms with Gasteiger partial charge in [0.15, 0.2) is 0 Å². The summed E-state index contributed by atoms with van der Waals surface area (Å²) in [4.78, 5) is 30.3. The Morgan fingerprint density at radius 3 is 2.45 bits per heavy atom. The smallest absolute Gasteiger partial charge is 0.268 e. The maximum atomic E-state index is 12.2. The molecule has 0 fully saturated rings. The minimum Gasteiger partial charge on any atom is -0.320 e. The number of hydrogen-bond acceptors (Lipinski definition) is 5. The summed E-state index contributed by atoms with van der Waals surface area (Å²) in [5.74, 6) is 4.84. The number of amides is 2. The van der Waals surface area contributed by atoms with Gasteiger partial charge in [0.05, 0.1) is 28.7 Å². The summed E-state index contributed by atoms with van der Waals surface area (Å²) >= 11 is 1.19. The molecule has 1 aliphatic heterocycles. The highest BCUT2D eigenvalue weighted by Gasteiger charge is 2.37. The Bertz CT molecular complexity index is 735. The van der Waals surface area contributed by atoms with Crippen LogP contribution in [-0.4, -0.2) is 23.3 Å². The van der Waals surface area contributed by atoms with E-state index < -0.39 is 0 Å². The van der Waals surface area contributed by atoms with E-state index in [1.807, 2.05) is 0 Å². The van der Waals surface area contributed by atoms with Crippen LogP contribution in [0.4, 0.5) is 5.13 Å². The molecular formula is C14H9N3O2S. The van der Waals surface area contributed by atoms with Crippen LogP contribution in [0.2, 0.25) is 0 Å². The van der Waals surface area contributed by atoms with Gasteiger partial charge in [-0.05, 0) is 12.1 Å². The third kappa shape index (κ3) is 1.90. The van der Waals surface area contributed by atoms with E-state index in [-0.39, 0.29) is 18.4 Å². The lowest BCUT2D eigenvalue weighted by Gasteiger charge is -2.08. The fourth-order valence-electron chi connectivity index (χ4n) is 1.93. The van der Waals surface area contributed by atoms with Crippen molar-refractivity contribution >= 4 is 28.3 Å². The van der Waals surface area contributed by atoms with Gasteiger partial charge in [-0.3, -0.25) is 9.59 Å². The second-order valence-electron chi connectivity index (χ2n) is 4.00. The number of fused-ring (bicyclic) bond motifs is 1. The molecule has 0 aliphatic carbocycles. The van der Waals surface area contributed by atoms with Gasteiger partial charge in [-0.15, -0.1) is 0 Å². The molecule has 2 N–H and O–H groups in total. The first-order valence-corrected chi connectivity index (χ1v) is 6.66. The van der Waals surface area contributed by atoms with E-state index >= 15 is 0 Å². The zero-order valence-corrected chi connectivity index (χ0v) is 11.1. The van der Waals surface area contributed by atoms with Gasteiger partial charge in [-0.25, -0.2) is 9.88 Å². The molecule has 0 spiro atoms. The summed E-state index contributed by atoms with van der Waals surface area (Å²) in [7, 11) is 0. The van der Waals surface area contributed by atoms with Crippen LogP contribution < -0.4 is 10.6 Å². The molecule has 0 unspecified atom stereocenters. The van der Waals surface area contributed by atoms with Gasteiger partial charge >= 0.3 is 0 Å². The van der Waals surface area contributed by atoms with Gasteiger partial charge < -0.3 is 5.73 Å². The number of carbonyl (C=O) groups is 2. The normalized spacial score (nSPS) is 13.2. The molecule has 2 heterocycles. The third-order valence-corrected chi connectivity index (χ3v) is 3.69. The van der Waals surface area contributed by atoms with Gasteiger partial charge in [0.25, 0.3) is 11.8 Å². The van der Waals surface area contributed by atoms with Crippen LogP contribution in [0.3, 0.4) is 0 Å². The number of nitrogens with zero attached hydrogens (tertiary/aromatic N) is 2. The van der Waals surface area contributed by atoms with E-state index in [1.54, 1.807) is 24.3 Å². The van der Waals surface area contributed by atoms with Gasteiger partial charge in [-0.2, -0.15) is 0 Å². The lowest BCUT2D eigenvalue weighted by Crippen LogP contribution is -2.29. The zero-order chi connectivity index (χ0) is 14.1. The highest BCUT2D eigenvalue weighted by atomic mass is 32.1. The molecule has 0 bridgehead atoms. The van der Waals surface area contributed by atoms with Crippen molar-refractivity contribution in [2.24, 2.45) is 5.73 Å². The number of thiazole rings is 1. The minimum absolute atomic E-state index is 0.250. The van der Waals surface area contributed by atoms with Gasteiger partial charge in [0.2, 0.25) is 5.13 Å². The topological polar surface area (TPSA) is 76.3 Å². The molecule has 5 nitrogen and oxygen atoms in total. The Hall–Kier alpha value is -2.49. The van der Waals surface area contributed by atoms with E-state index in [1.165, 1.54) is 17.5 Å². The molecule has 2 aromatic rings. The zero-order valence-electron chi connectivity index (χ0n) is 10.3. The number of benzene rings is 1. The van der Waals surface area contributed by atoms with Crippen molar-refractivity contribution in [3.8, 4) is 11.8 Å². The van der Waals surface area contributed by atoms with Crippen LogP contribution in [0.25, 0.3) is 0 Å². The number of nitrogens with two attached hydrogens (primary N) is 1. The molecule has 0 atom stereocenters. The van der Waals surface area contributed by atoms with Gasteiger partial charge in [0.1, 0.15) is 0 Å². The molecule has 0 saturated carbocycles. The Kier molecular flexibility index (Phi) is 3.06.